The maximum absolute atomic E-state index is 13.9. The second kappa shape index (κ2) is 6.39. The molecule has 0 radical (unpaired) electrons. The van der Waals surface area contributed by atoms with Crippen molar-refractivity contribution in [3.05, 3.63) is 35.4 Å². The highest BCUT2D eigenvalue weighted by molar-refractivity contribution is 6.07. The zero-order chi connectivity index (χ0) is 16.3. The van der Waals surface area contributed by atoms with Gasteiger partial charge in [-0.25, -0.2) is 13.6 Å². The summed E-state index contributed by atoms with van der Waals surface area (Å²) in [6.45, 7) is 1.59. The first-order chi connectivity index (χ1) is 10.4. The van der Waals surface area contributed by atoms with Crippen LogP contribution in [-0.2, 0) is 10.3 Å². The molecule has 7 heteroatoms. The Kier molecular flexibility index (Phi) is 4.75. The minimum absolute atomic E-state index is 0.0480. The summed E-state index contributed by atoms with van der Waals surface area (Å²) in [5, 5.41) is 11.2. The van der Waals surface area contributed by atoms with E-state index < -0.39 is 29.1 Å². The summed E-state index contributed by atoms with van der Waals surface area (Å²) in [6, 6.07) is 2.18. The van der Waals surface area contributed by atoms with Crippen LogP contribution in [0.1, 0.15) is 31.7 Å². The molecular weight excluding hydrogens is 294 g/mol. The van der Waals surface area contributed by atoms with Gasteiger partial charge in [0.25, 0.3) is 5.91 Å². The van der Waals surface area contributed by atoms with E-state index in [0.29, 0.717) is 19.3 Å². The van der Waals surface area contributed by atoms with Crippen molar-refractivity contribution in [2.45, 2.75) is 31.7 Å². The lowest BCUT2D eigenvalue weighted by molar-refractivity contribution is -0.131. The van der Waals surface area contributed by atoms with Gasteiger partial charge < -0.3 is 10.4 Å². The number of hydrogen-bond acceptors (Lipinski definition) is 3. The molecule has 1 saturated heterocycles. The number of halogens is 2. The van der Waals surface area contributed by atoms with Crippen molar-refractivity contribution < 1.29 is 23.5 Å². The van der Waals surface area contributed by atoms with Crippen LogP contribution < -0.4 is 5.32 Å². The second-order valence-corrected chi connectivity index (χ2v) is 5.42. The summed E-state index contributed by atoms with van der Waals surface area (Å²) in [7, 11) is 0. The molecule has 2 rings (SSSR count). The molecule has 3 amide bonds. The van der Waals surface area contributed by atoms with Gasteiger partial charge in [-0.1, -0.05) is 0 Å². The molecule has 1 fully saturated rings. The number of hydrogen-bond donors (Lipinski definition) is 2. The number of amides is 3. The number of carbonyl (C=O) groups excluding carboxylic acids is 2. The number of unbranched alkanes of at least 4 members (excludes halogenated alkanes) is 2. The van der Waals surface area contributed by atoms with Gasteiger partial charge in [-0.3, -0.25) is 9.69 Å². The maximum Gasteiger partial charge on any atom is 0.325 e. The van der Waals surface area contributed by atoms with E-state index in [1.54, 1.807) is 0 Å². The zero-order valence-corrected chi connectivity index (χ0v) is 12.2. The highest BCUT2D eigenvalue weighted by Crippen LogP contribution is 2.31. The molecule has 5 nitrogen and oxygen atoms in total. The fourth-order valence-electron chi connectivity index (χ4n) is 2.52. The standard InChI is InChI=1S/C15H18F2N2O3/c1-15(11-9-10(16)5-6-12(11)17)13(21)19(14(22)18-15)7-3-2-4-8-20/h5-6,9,20H,2-4,7-8H2,1H3,(H,18,22). The van der Waals surface area contributed by atoms with E-state index in [2.05, 4.69) is 5.32 Å². The van der Waals surface area contributed by atoms with Gasteiger partial charge in [0.2, 0.25) is 0 Å². The van der Waals surface area contributed by atoms with Crippen LogP contribution in [0, 0.1) is 11.6 Å². The van der Waals surface area contributed by atoms with Crippen molar-refractivity contribution in [3.63, 3.8) is 0 Å². The minimum Gasteiger partial charge on any atom is -0.396 e. The molecule has 120 valence electrons. The lowest BCUT2D eigenvalue weighted by Crippen LogP contribution is -2.41. The van der Waals surface area contributed by atoms with Crippen LogP contribution in [0.15, 0.2) is 18.2 Å². The number of rotatable bonds is 6. The van der Waals surface area contributed by atoms with Gasteiger partial charge in [-0.2, -0.15) is 0 Å². The molecule has 2 N–H and O–H groups in total. The third kappa shape index (κ3) is 2.94. The number of imide groups is 1. The number of carbonyl (C=O) groups is 2. The summed E-state index contributed by atoms with van der Waals surface area (Å²) < 4.78 is 27.3. The van der Waals surface area contributed by atoms with E-state index >= 15 is 0 Å². The highest BCUT2D eigenvalue weighted by atomic mass is 19.1. The first-order valence-electron chi connectivity index (χ1n) is 7.10. The van der Waals surface area contributed by atoms with Crippen molar-refractivity contribution >= 4 is 11.9 Å². The summed E-state index contributed by atoms with van der Waals surface area (Å²) in [5.74, 6) is -2.04. The normalized spacial score (nSPS) is 21.4. The Morgan fingerprint density at radius 1 is 1.23 bits per heavy atom. The highest BCUT2D eigenvalue weighted by Gasteiger charge is 2.50. The predicted octanol–water partition coefficient (Wildman–Crippen LogP) is 1.89. The SMILES string of the molecule is CC1(c2cc(F)ccc2F)NC(=O)N(CCCCCO)C1=O. The van der Waals surface area contributed by atoms with Crippen LogP contribution >= 0.6 is 0 Å². The number of aliphatic hydroxyl groups excluding tert-OH is 1. The number of benzene rings is 1. The number of aliphatic hydroxyl groups is 1. The van der Waals surface area contributed by atoms with Crippen molar-refractivity contribution in [1.82, 2.24) is 10.2 Å². The number of nitrogens with one attached hydrogen (secondary N) is 1. The largest absolute Gasteiger partial charge is 0.396 e. The molecule has 1 aliphatic rings. The van der Waals surface area contributed by atoms with Gasteiger partial charge >= 0.3 is 6.03 Å². The van der Waals surface area contributed by atoms with E-state index in [-0.39, 0.29) is 18.7 Å². The molecule has 0 bridgehead atoms. The van der Waals surface area contributed by atoms with Crippen molar-refractivity contribution in [2.75, 3.05) is 13.2 Å². The Balaban J connectivity index is 2.20. The van der Waals surface area contributed by atoms with Gasteiger partial charge in [0.05, 0.1) is 0 Å². The molecule has 22 heavy (non-hydrogen) atoms. The molecule has 0 aliphatic carbocycles. The average Bonchev–Trinajstić information content (AvgIpc) is 2.69. The fraction of sp³-hybridized carbons (Fsp3) is 0.467. The monoisotopic (exact) mass is 312 g/mol. The van der Waals surface area contributed by atoms with Gasteiger partial charge in [0.1, 0.15) is 17.2 Å². The molecule has 1 heterocycles. The maximum atomic E-state index is 13.9. The lowest BCUT2D eigenvalue weighted by atomic mass is 9.91. The molecule has 1 atom stereocenters. The minimum atomic E-state index is -1.61. The van der Waals surface area contributed by atoms with Gasteiger partial charge in [-0.15, -0.1) is 0 Å². The second-order valence-electron chi connectivity index (χ2n) is 5.42. The summed E-state index contributed by atoms with van der Waals surface area (Å²) >= 11 is 0. The van der Waals surface area contributed by atoms with Gasteiger partial charge in [-0.05, 0) is 44.4 Å². The van der Waals surface area contributed by atoms with E-state index in [9.17, 15) is 18.4 Å². The Morgan fingerprint density at radius 2 is 1.95 bits per heavy atom. The van der Waals surface area contributed by atoms with E-state index in [4.69, 9.17) is 5.11 Å². The molecule has 1 unspecified atom stereocenters. The van der Waals surface area contributed by atoms with Crippen LogP contribution in [0.2, 0.25) is 0 Å². The van der Waals surface area contributed by atoms with Crippen LogP contribution in [0.4, 0.5) is 13.6 Å². The molecule has 1 aliphatic heterocycles. The third-order valence-corrected chi connectivity index (χ3v) is 3.78. The Bertz CT molecular complexity index is 594. The quantitative estimate of drug-likeness (QED) is 0.622. The van der Waals surface area contributed by atoms with Gasteiger partial charge in [0.15, 0.2) is 0 Å². The number of urea groups is 1. The summed E-state index contributed by atoms with van der Waals surface area (Å²) in [4.78, 5) is 25.4. The molecular formula is C15H18F2N2O3. The van der Waals surface area contributed by atoms with Crippen molar-refractivity contribution in [2.24, 2.45) is 0 Å². The van der Waals surface area contributed by atoms with E-state index in [1.807, 2.05) is 0 Å². The molecule has 1 aromatic carbocycles. The Labute approximate surface area is 126 Å². The first kappa shape index (κ1) is 16.4. The predicted molar refractivity (Wildman–Crippen MR) is 74.9 cm³/mol. The summed E-state index contributed by atoms with van der Waals surface area (Å²) in [5.41, 5.74) is -1.80. The molecule has 0 spiro atoms. The topological polar surface area (TPSA) is 69.6 Å². The van der Waals surface area contributed by atoms with Crippen LogP contribution in [0.3, 0.4) is 0 Å². The molecule has 0 aromatic heterocycles. The average molecular weight is 312 g/mol. The van der Waals surface area contributed by atoms with E-state index in [1.165, 1.54) is 6.92 Å². The van der Waals surface area contributed by atoms with Crippen LogP contribution in [0.5, 0.6) is 0 Å². The summed E-state index contributed by atoms with van der Waals surface area (Å²) in [6.07, 6.45) is 1.79. The van der Waals surface area contributed by atoms with Crippen molar-refractivity contribution in [3.8, 4) is 0 Å². The third-order valence-electron chi connectivity index (χ3n) is 3.78. The van der Waals surface area contributed by atoms with Crippen LogP contribution in [-0.4, -0.2) is 35.1 Å². The zero-order valence-electron chi connectivity index (χ0n) is 12.2. The fourth-order valence-corrected chi connectivity index (χ4v) is 2.52. The van der Waals surface area contributed by atoms with Gasteiger partial charge in [0, 0.05) is 18.7 Å². The Morgan fingerprint density at radius 3 is 2.64 bits per heavy atom. The first-order valence-corrected chi connectivity index (χ1v) is 7.10. The van der Waals surface area contributed by atoms with Crippen LogP contribution in [0.25, 0.3) is 0 Å². The number of nitrogens with zero attached hydrogens (tertiary/aromatic N) is 1. The smallest absolute Gasteiger partial charge is 0.325 e. The van der Waals surface area contributed by atoms with Crippen molar-refractivity contribution in [1.29, 1.82) is 0 Å². The molecule has 0 saturated carbocycles. The van der Waals surface area contributed by atoms with E-state index in [0.717, 1.165) is 23.1 Å². The molecule has 1 aromatic rings. The Hall–Kier alpha value is -2.02. The lowest BCUT2D eigenvalue weighted by Gasteiger charge is -2.22.